The van der Waals surface area contributed by atoms with E-state index in [4.69, 9.17) is 4.74 Å². The lowest BCUT2D eigenvalue weighted by atomic mass is 10.1. The van der Waals surface area contributed by atoms with Crippen LogP contribution in [-0.4, -0.2) is 17.0 Å². The highest BCUT2D eigenvalue weighted by atomic mass is 16.5. The van der Waals surface area contributed by atoms with Gasteiger partial charge in [-0.25, -0.2) is 0 Å². The number of carbonyl (C=O) groups is 1. The van der Waals surface area contributed by atoms with Crippen molar-refractivity contribution in [2.45, 2.75) is 40.0 Å². The van der Waals surface area contributed by atoms with Crippen LogP contribution in [0.15, 0.2) is 41.2 Å². The Bertz CT molecular complexity index is 718. The SMILES string of the molecule is Cc1ccc(C(=O)NCc2ccc(COC(C)C)cc2)c(=O)[nH]1. The Morgan fingerprint density at radius 1 is 1.13 bits per heavy atom. The van der Waals surface area contributed by atoms with Gasteiger partial charge >= 0.3 is 0 Å². The molecule has 0 unspecified atom stereocenters. The molecule has 0 saturated carbocycles. The number of aryl methyl sites for hydroxylation is 1. The summed E-state index contributed by atoms with van der Waals surface area (Å²) >= 11 is 0. The number of hydrogen-bond donors (Lipinski definition) is 2. The van der Waals surface area contributed by atoms with Gasteiger partial charge in [0.2, 0.25) is 0 Å². The molecular weight excluding hydrogens is 292 g/mol. The lowest BCUT2D eigenvalue weighted by Gasteiger charge is -2.09. The van der Waals surface area contributed by atoms with E-state index in [9.17, 15) is 9.59 Å². The summed E-state index contributed by atoms with van der Waals surface area (Å²) in [4.78, 5) is 26.4. The number of carbonyl (C=O) groups excluding carboxylic acids is 1. The Balaban J connectivity index is 1.92. The van der Waals surface area contributed by atoms with Gasteiger partial charge in [0, 0.05) is 12.2 Å². The van der Waals surface area contributed by atoms with Crippen molar-refractivity contribution >= 4 is 5.91 Å². The van der Waals surface area contributed by atoms with Gasteiger partial charge in [-0.15, -0.1) is 0 Å². The van der Waals surface area contributed by atoms with Crippen molar-refractivity contribution in [1.29, 1.82) is 0 Å². The normalized spacial score (nSPS) is 10.8. The van der Waals surface area contributed by atoms with E-state index in [1.54, 1.807) is 13.0 Å². The lowest BCUT2D eigenvalue weighted by molar-refractivity contribution is 0.0657. The number of amides is 1. The molecule has 0 aliphatic carbocycles. The number of rotatable bonds is 6. The minimum atomic E-state index is -0.376. The van der Waals surface area contributed by atoms with Crippen molar-refractivity contribution in [2.24, 2.45) is 0 Å². The van der Waals surface area contributed by atoms with Crippen LogP contribution in [0.3, 0.4) is 0 Å². The lowest BCUT2D eigenvalue weighted by Crippen LogP contribution is -2.29. The summed E-state index contributed by atoms with van der Waals surface area (Å²) in [7, 11) is 0. The standard InChI is InChI=1S/C18H22N2O3/c1-12(2)23-11-15-7-5-14(6-8-15)10-19-17(21)16-9-4-13(3)20-18(16)22/h4-9,12H,10-11H2,1-3H3,(H,19,21)(H,20,22). The van der Waals surface area contributed by atoms with Crippen LogP contribution in [0, 0.1) is 6.92 Å². The fourth-order valence-electron chi connectivity index (χ4n) is 2.04. The Kier molecular flexibility index (Phi) is 5.71. The largest absolute Gasteiger partial charge is 0.374 e. The first-order valence-electron chi connectivity index (χ1n) is 7.63. The molecule has 2 N–H and O–H groups in total. The highest BCUT2D eigenvalue weighted by molar-refractivity contribution is 5.93. The molecule has 2 aromatic rings. The molecular formula is C18H22N2O3. The summed E-state index contributed by atoms with van der Waals surface area (Å²) in [5.74, 6) is -0.376. The van der Waals surface area contributed by atoms with Crippen molar-refractivity contribution in [3.8, 4) is 0 Å². The molecule has 0 aliphatic heterocycles. The molecule has 0 spiro atoms. The van der Waals surface area contributed by atoms with E-state index >= 15 is 0 Å². The average Bonchev–Trinajstić information content (AvgIpc) is 2.51. The van der Waals surface area contributed by atoms with Crippen molar-refractivity contribution in [3.63, 3.8) is 0 Å². The topological polar surface area (TPSA) is 71.2 Å². The van der Waals surface area contributed by atoms with Crippen LogP contribution in [0.5, 0.6) is 0 Å². The molecule has 1 heterocycles. The zero-order valence-corrected chi connectivity index (χ0v) is 13.7. The van der Waals surface area contributed by atoms with Gasteiger partial charge in [0.25, 0.3) is 11.5 Å². The third kappa shape index (κ3) is 5.07. The molecule has 1 aromatic carbocycles. The van der Waals surface area contributed by atoms with Gasteiger partial charge in [0.1, 0.15) is 5.56 Å². The van der Waals surface area contributed by atoms with Gasteiger partial charge in [-0.3, -0.25) is 9.59 Å². The maximum absolute atomic E-state index is 12.0. The van der Waals surface area contributed by atoms with Gasteiger partial charge in [-0.05, 0) is 44.0 Å². The van der Waals surface area contributed by atoms with Crippen LogP contribution < -0.4 is 10.9 Å². The summed E-state index contributed by atoms with van der Waals surface area (Å²) in [6.45, 7) is 6.71. The summed E-state index contributed by atoms with van der Waals surface area (Å²) in [6.07, 6.45) is 0.196. The van der Waals surface area contributed by atoms with E-state index in [0.29, 0.717) is 13.2 Å². The van der Waals surface area contributed by atoms with Crippen LogP contribution in [0.1, 0.15) is 41.0 Å². The average molecular weight is 314 g/mol. The van der Waals surface area contributed by atoms with Gasteiger partial charge in [-0.1, -0.05) is 24.3 Å². The smallest absolute Gasteiger partial charge is 0.260 e. The van der Waals surface area contributed by atoms with E-state index < -0.39 is 0 Å². The Hall–Kier alpha value is -2.40. The molecule has 0 fully saturated rings. The predicted molar refractivity (Wildman–Crippen MR) is 89.3 cm³/mol. The van der Waals surface area contributed by atoms with Gasteiger partial charge in [0.05, 0.1) is 12.7 Å². The predicted octanol–water partition coefficient (Wildman–Crippen LogP) is 2.54. The van der Waals surface area contributed by atoms with Crippen LogP contribution in [-0.2, 0) is 17.9 Å². The number of hydrogen-bond acceptors (Lipinski definition) is 3. The Morgan fingerprint density at radius 2 is 1.78 bits per heavy atom. The molecule has 23 heavy (non-hydrogen) atoms. The summed E-state index contributed by atoms with van der Waals surface area (Å²) in [5.41, 5.74) is 2.53. The number of pyridine rings is 1. The Morgan fingerprint density at radius 3 is 2.39 bits per heavy atom. The maximum atomic E-state index is 12.0. The molecule has 1 amide bonds. The van der Waals surface area contributed by atoms with Gasteiger partial charge < -0.3 is 15.0 Å². The zero-order valence-electron chi connectivity index (χ0n) is 13.7. The highest BCUT2D eigenvalue weighted by Gasteiger charge is 2.09. The third-order valence-corrected chi connectivity index (χ3v) is 3.36. The zero-order chi connectivity index (χ0) is 16.8. The van der Waals surface area contributed by atoms with E-state index in [0.717, 1.165) is 16.8 Å². The molecule has 5 heteroatoms. The minimum Gasteiger partial charge on any atom is -0.374 e. The number of benzene rings is 1. The molecule has 2 rings (SSSR count). The van der Waals surface area contributed by atoms with E-state index in [1.165, 1.54) is 6.07 Å². The van der Waals surface area contributed by atoms with E-state index in [1.807, 2.05) is 38.1 Å². The molecule has 0 atom stereocenters. The highest BCUT2D eigenvalue weighted by Crippen LogP contribution is 2.07. The first kappa shape index (κ1) is 17.0. The fraction of sp³-hybridized carbons (Fsp3) is 0.333. The summed E-state index contributed by atoms with van der Waals surface area (Å²) in [6, 6.07) is 11.1. The van der Waals surface area contributed by atoms with Crippen LogP contribution in [0.2, 0.25) is 0 Å². The van der Waals surface area contributed by atoms with Crippen LogP contribution in [0.25, 0.3) is 0 Å². The number of aromatic amines is 1. The van der Waals surface area contributed by atoms with Gasteiger partial charge in [-0.2, -0.15) is 0 Å². The van der Waals surface area contributed by atoms with Crippen molar-refractivity contribution in [2.75, 3.05) is 0 Å². The first-order chi connectivity index (χ1) is 11.0. The second kappa shape index (κ2) is 7.74. The van der Waals surface area contributed by atoms with Crippen molar-refractivity contribution < 1.29 is 9.53 Å². The maximum Gasteiger partial charge on any atom is 0.260 e. The second-order valence-electron chi connectivity index (χ2n) is 5.74. The molecule has 5 nitrogen and oxygen atoms in total. The van der Waals surface area contributed by atoms with Crippen LogP contribution >= 0.6 is 0 Å². The number of H-pyrrole nitrogens is 1. The quantitative estimate of drug-likeness (QED) is 0.860. The third-order valence-electron chi connectivity index (χ3n) is 3.36. The number of aromatic nitrogens is 1. The summed E-state index contributed by atoms with van der Waals surface area (Å²) < 4.78 is 5.54. The number of nitrogens with one attached hydrogen (secondary N) is 2. The van der Waals surface area contributed by atoms with Gasteiger partial charge in [0.15, 0.2) is 0 Å². The van der Waals surface area contributed by atoms with Crippen LogP contribution in [0.4, 0.5) is 0 Å². The first-order valence-corrected chi connectivity index (χ1v) is 7.63. The fourth-order valence-corrected chi connectivity index (χ4v) is 2.04. The Labute approximate surface area is 135 Å². The second-order valence-corrected chi connectivity index (χ2v) is 5.74. The molecule has 122 valence electrons. The summed E-state index contributed by atoms with van der Waals surface area (Å²) in [5, 5.41) is 2.76. The number of ether oxygens (including phenoxy) is 1. The molecule has 0 bridgehead atoms. The van der Waals surface area contributed by atoms with Crippen molar-refractivity contribution in [3.05, 3.63) is 69.1 Å². The van der Waals surface area contributed by atoms with Crippen molar-refractivity contribution in [1.82, 2.24) is 10.3 Å². The van der Waals surface area contributed by atoms with E-state index in [-0.39, 0.29) is 23.1 Å². The molecule has 0 aliphatic rings. The minimum absolute atomic E-state index is 0.123. The molecule has 0 saturated heterocycles. The molecule has 0 radical (unpaired) electrons. The van der Waals surface area contributed by atoms with E-state index in [2.05, 4.69) is 10.3 Å². The molecule has 1 aromatic heterocycles. The monoisotopic (exact) mass is 314 g/mol.